The SMILES string of the molecule is Cc1nnc(SC[C@H]2C[C@@H](CC(=O)OC(C)(C)C)OC(C)(C)O2)s1. The van der Waals surface area contributed by atoms with Crippen LogP contribution in [-0.4, -0.2) is 45.5 Å². The number of carbonyl (C=O) groups excluding carboxylic acids is 1. The Morgan fingerprint density at radius 2 is 2.00 bits per heavy atom. The minimum atomic E-state index is -0.715. The summed E-state index contributed by atoms with van der Waals surface area (Å²) >= 11 is 3.20. The molecule has 1 aliphatic rings. The van der Waals surface area contributed by atoms with Gasteiger partial charge in [0.1, 0.15) is 10.6 Å². The summed E-state index contributed by atoms with van der Waals surface area (Å²) in [5, 5.41) is 9.09. The van der Waals surface area contributed by atoms with Crippen molar-refractivity contribution in [3.05, 3.63) is 5.01 Å². The molecule has 1 saturated heterocycles. The average Bonchev–Trinajstić information content (AvgIpc) is 2.78. The Labute approximate surface area is 151 Å². The minimum absolute atomic E-state index is 0.00427. The van der Waals surface area contributed by atoms with Gasteiger partial charge in [0.15, 0.2) is 10.1 Å². The van der Waals surface area contributed by atoms with Crippen LogP contribution >= 0.6 is 23.1 Å². The van der Waals surface area contributed by atoms with Crippen molar-refractivity contribution < 1.29 is 19.0 Å². The molecular formula is C16H26N2O4S2. The molecule has 8 heteroatoms. The molecule has 1 aromatic rings. The topological polar surface area (TPSA) is 70.5 Å². The lowest BCUT2D eigenvalue weighted by Crippen LogP contribution is -2.46. The largest absolute Gasteiger partial charge is 0.460 e. The molecule has 0 unspecified atom stereocenters. The molecule has 0 saturated carbocycles. The van der Waals surface area contributed by atoms with Crippen molar-refractivity contribution in [2.24, 2.45) is 0 Å². The first-order valence-corrected chi connectivity index (χ1v) is 9.83. The van der Waals surface area contributed by atoms with Gasteiger partial charge >= 0.3 is 5.97 Å². The average molecular weight is 375 g/mol. The van der Waals surface area contributed by atoms with Gasteiger partial charge in [0.05, 0.1) is 18.6 Å². The number of nitrogens with zero attached hydrogens (tertiary/aromatic N) is 2. The Morgan fingerprint density at radius 1 is 1.33 bits per heavy atom. The highest BCUT2D eigenvalue weighted by molar-refractivity contribution is 8.01. The van der Waals surface area contributed by atoms with Crippen molar-refractivity contribution in [3.63, 3.8) is 0 Å². The summed E-state index contributed by atoms with van der Waals surface area (Å²) in [6.07, 6.45) is 0.692. The molecule has 2 rings (SSSR count). The van der Waals surface area contributed by atoms with Crippen molar-refractivity contribution in [1.82, 2.24) is 10.2 Å². The molecule has 1 fully saturated rings. The highest BCUT2D eigenvalue weighted by atomic mass is 32.2. The Hall–Kier alpha value is -0.700. The van der Waals surface area contributed by atoms with E-state index in [9.17, 15) is 4.79 Å². The number of rotatable bonds is 5. The lowest BCUT2D eigenvalue weighted by molar-refractivity contribution is -0.295. The first-order valence-electron chi connectivity index (χ1n) is 8.03. The van der Waals surface area contributed by atoms with Gasteiger partial charge in [-0.2, -0.15) is 0 Å². The summed E-state index contributed by atoms with van der Waals surface area (Å²) in [5.74, 6) is -0.198. The van der Waals surface area contributed by atoms with Gasteiger partial charge in [-0.05, 0) is 41.5 Å². The van der Waals surface area contributed by atoms with Crippen LogP contribution in [0.5, 0.6) is 0 Å². The molecule has 136 valence electrons. The third kappa shape index (κ3) is 6.66. The van der Waals surface area contributed by atoms with Crippen LogP contribution in [0.25, 0.3) is 0 Å². The number of esters is 1. The van der Waals surface area contributed by atoms with Gasteiger partial charge in [-0.1, -0.05) is 23.1 Å². The molecule has 24 heavy (non-hydrogen) atoms. The molecule has 0 amide bonds. The Kier molecular flexibility index (Phi) is 6.28. The monoisotopic (exact) mass is 374 g/mol. The number of aryl methyl sites for hydroxylation is 1. The van der Waals surface area contributed by atoms with Crippen LogP contribution in [-0.2, 0) is 19.0 Å². The van der Waals surface area contributed by atoms with E-state index in [4.69, 9.17) is 14.2 Å². The van der Waals surface area contributed by atoms with E-state index in [0.717, 1.165) is 15.1 Å². The lowest BCUT2D eigenvalue weighted by Gasteiger charge is -2.40. The third-order valence-corrected chi connectivity index (χ3v) is 5.25. The zero-order chi connectivity index (χ0) is 18.0. The molecule has 6 nitrogen and oxygen atoms in total. The maximum absolute atomic E-state index is 12.1. The number of ether oxygens (including phenoxy) is 3. The van der Waals surface area contributed by atoms with Gasteiger partial charge in [0, 0.05) is 12.2 Å². The molecule has 0 radical (unpaired) electrons. The first-order chi connectivity index (χ1) is 11.0. The van der Waals surface area contributed by atoms with Gasteiger partial charge in [-0.25, -0.2) is 0 Å². The van der Waals surface area contributed by atoms with Crippen molar-refractivity contribution in [3.8, 4) is 0 Å². The first kappa shape index (κ1) is 19.6. The standard InChI is InChI=1S/C16H26N2O4S2/c1-10-17-18-14(24-10)23-9-12-7-11(20-16(5,6)21-12)8-13(19)22-15(2,3)4/h11-12H,7-9H2,1-6H3/t11-,12+/m0/s1. The predicted molar refractivity (Wildman–Crippen MR) is 94.3 cm³/mol. The van der Waals surface area contributed by atoms with E-state index in [1.165, 1.54) is 0 Å². The molecule has 1 aromatic heterocycles. The molecule has 0 spiro atoms. The second kappa shape index (κ2) is 7.68. The summed E-state index contributed by atoms with van der Waals surface area (Å²) in [5.41, 5.74) is -0.483. The molecule has 0 N–H and O–H groups in total. The van der Waals surface area contributed by atoms with Crippen molar-refractivity contribution in [2.75, 3.05) is 5.75 Å². The van der Waals surface area contributed by atoms with Crippen LogP contribution in [0.2, 0.25) is 0 Å². The number of carbonyl (C=O) groups is 1. The number of thioether (sulfide) groups is 1. The summed E-state index contributed by atoms with van der Waals surface area (Å²) in [6.45, 7) is 11.3. The number of hydrogen-bond acceptors (Lipinski definition) is 8. The van der Waals surface area contributed by atoms with E-state index in [0.29, 0.717) is 6.42 Å². The van der Waals surface area contributed by atoms with Crippen molar-refractivity contribution in [1.29, 1.82) is 0 Å². The molecule has 2 atom stereocenters. The van der Waals surface area contributed by atoms with E-state index in [1.54, 1.807) is 23.1 Å². The van der Waals surface area contributed by atoms with Crippen molar-refractivity contribution >= 4 is 29.1 Å². The lowest BCUT2D eigenvalue weighted by atomic mass is 10.1. The third-order valence-electron chi connectivity index (χ3n) is 3.14. The zero-order valence-corrected chi connectivity index (χ0v) is 16.8. The summed E-state index contributed by atoms with van der Waals surface area (Å²) < 4.78 is 18.2. The molecule has 0 bridgehead atoms. The maximum atomic E-state index is 12.1. The fraction of sp³-hybridized carbons (Fsp3) is 0.812. The Balaban J connectivity index is 1.89. The van der Waals surface area contributed by atoms with Gasteiger partial charge in [0.25, 0.3) is 0 Å². The fourth-order valence-electron chi connectivity index (χ4n) is 2.52. The number of aromatic nitrogens is 2. The van der Waals surface area contributed by atoms with Gasteiger partial charge in [-0.3, -0.25) is 4.79 Å². The summed E-state index contributed by atoms with van der Waals surface area (Å²) in [4.78, 5) is 12.1. The van der Waals surface area contributed by atoms with E-state index in [2.05, 4.69) is 10.2 Å². The second-order valence-corrected chi connectivity index (χ2v) is 9.75. The normalized spacial score (nSPS) is 23.9. The zero-order valence-electron chi connectivity index (χ0n) is 15.1. The van der Waals surface area contributed by atoms with Crippen molar-refractivity contribution in [2.45, 2.75) is 82.3 Å². The maximum Gasteiger partial charge on any atom is 0.308 e. The quantitative estimate of drug-likeness (QED) is 0.576. The van der Waals surface area contributed by atoms with Gasteiger partial charge in [0.2, 0.25) is 0 Å². The predicted octanol–water partition coefficient (Wildman–Crippen LogP) is 3.58. The van der Waals surface area contributed by atoms with E-state index < -0.39 is 11.4 Å². The Morgan fingerprint density at radius 3 is 2.58 bits per heavy atom. The molecule has 0 aliphatic carbocycles. The highest BCUT2D eigenvalue weighted by Crippen LogP contribution is 2.32. The molecule has 1 aliphatic heterocycles. The Bertz CT molecular complexity index is 569. The van der Waals surface area contributed by atoms with Crippen LogP contribution in [0.4, 0.5) is 0 Å². The van der Waals surface area contributed by atoms with Crippen LogP contribution in [0.15, 0.2) is 4.34 Å². The summed E-state index contributed by atoms with van der Waals surface area (Å²) in [6, 6.07) is 0. The van der Waals surface area contributed by atoms with Crippen LogP contribution < -0.4 is 0 Å². The van der Waals surface area contributed by atoms with E-state index in [1.807, 2.05) is 41.5 Å². The number of hydrogen-bond donors (Lipinski definition) is 0. The highest BCUT2D eigenvalue weighted by Gasteiger charge is 2.37. The molecule has 2 heterocycles. The summed E-state index contributed by atoms with van der Waals surface area (Å²) in [7, 11) is 0. The smallest absolute Gasteiger partial charge is 0.308 e. The second-order valence-electron chi connectivity index (χ2n) is 7.30. The van der Waals surface area contributed by atoms with Crippen LogP contribution in [0.1, 0.15) is 52.5 Å². The fourth-order valence-corrected chi connectivity index (χ4v) is 4.37. The van der Waals surface area contributed by atoms with Gasteiger partial charge < -0.3 is 14.2 Å². The minimum Gasteiger partial charge on any atom is -0.460 e. The van der Waals surface area contributed by atoms with Crippen LogP contribution in [0, 0.1) is 6.92 Å². The van der Waals surface area contributed by atoms with E-state index >= 15 is 0 Å². The molecule has 0 aromatic carbocycles. The molecular weight excluding hydrogens is 348 g/mol. The van der Waals surface area contributed by atoms with Crippen LogP contribution in [0.3, 0.4) is 0 Å². The van der Waals surface area contributed by atoms with E-state index in [-0.39, 0.29) is 24.6 Å². The van der Waals surface area contributed by atoms with Gasteiger partial charge in [-0.15, -0.1) is 10.2 Å².